The summed E-state index contributed by atoms with van der Waals surface area (Å²) in [6, 6.07) is 0. The topological polar surface area (TPSA) is 23.8 Å². The van der Waals surface area contributed by atoms with Gasteiger partial charge in [0.25, 0.3) is 0 Å². The molecule has 0 atom stereocenters. The van der Waals surface area contributed by atoms with Gasteiger partial charge in [-0.3, -0.25) is 0 Å². The first-order valence-corrected chi connectivity index (χ1v) is 5.32. The van der Waals surface area contributed by atoms with E-state index in [0.717, 1.165) is 0 Å². The van der Waals surface area contributed by atoms with Gasteiger partial charge in [0, 0.05) is 0 Å². The van der Waals surface area contributed by atoms with Crippen LogP contribution in [0.15, 0.2) is 0 Å². The molecule has 0 radical (unpaired) electrons. The van der Waals surface area contributed by atoms with Crippen LogP contribution in [0.25, 0.3) is 0 Å². The molecule has 0 saturated carbocycles. The molecule has 0 saturated heterocycles. The predicted molar refractivity (Wildman–Crippen MR) is 26.6 cm³/mol. The molecule has 0 aromatic carbocycles. The first-order valence-electron chi connectivity index (χ1n) is 0.698. The van der Waals surface area contributed by atoms with Gasteiger partial charge < -0.3 is 0 Å². The van der Waals surface area contributed by atoms with E-state index < -0.39 is 19.3 Å². The summed E-state index contributed by atoms with van der Waals surface area (Å²) in [5, 5.41) is 7.46. The van der Waals surface area contributed by atoms with E-state index in [4.69, 9.17) is 5.26 Å². The Bertz CT molecular complexity index is 57.2. The first kappa shape index (κ1) is 5.44. The molecule has 0 heterocycles. The number of hydrogen-bond donors (Lipinski definition) is 0. The quantitative estimate of drug-likeness (QED) is 0.557. The van der Waals surface area contributed by atoms with Crippen LogP contribution in [0, 0.1) is 9.34 Å². The van der Waals surface area contributed by atoms with Gasteiger partial charge in [0.05, 0.1) is 0 Å². The molecule has 0 aliphatic rings. The average molecular weight is 207 g/mol. The Kier molecular flexibility index (Phi) is 2.90. The van der Waals surface area contributed by atoms with Gasteiger partial charge in [-0.2, -0.15) is 0 Å². The summed E-state index contributed by atoms with van der Waals surface area (Å²) in [6.07, 6.45) is 0. The third-order valence-corrected chi connectivity index (χ3v) is 0.857. The van der Waals surface area contributed by atoms with Gasteiger partial charge in [-0.05, 0) is 0 Å². The van der Waals surface area contributed by atoms with E-state index in [9.17, 15) is 2.86 Å². The monoisotopic (exact) mass is 207 g/mol. The van der Waals surface area contributed by atoms with Gasteiger partial charge in [-0.25, -0.2) is 0 Å². The minimum absolute atomic E-state index is 1.28. The van der Waals surface area contributed by atoms with Crippen molar-refractivity contribution in [3.63, 3.8) is 0 Å². The fourth-order valence-electron chi connectivity index (χ4n) is 0. The van der Waals surface area contributed by atoms with Crippen LogP contribution in [-0.2, 0) is 0 Å². The fraction of sp³-hybridized carbons (Fsp3) is 0. The molecule has 30 valence electrons. The van der Waals surface area contributed by atoms with Crippen molar-refractivity contribution in [2.45, 2.75) is 0 Å². The molecule has 0 amide bonds. The van der Waals surface area contributed by atoms with Crippen LogP contribution in [-0.4, -0.2) is 0 Å². The maximum absolute atomic E-state index is 11.0. The standard InChI is InChI=1S/CClFIN/c2-4(3)1-5. The van der Waals surface area contributed by atoms with Crippen LogP contribution in [0.3, 0.4) is 0 Å². The zero-order chi connectivity index (χ0) is 4.28. The molecule has 1 nitrogen and oxygen atoms in total. The molecular weight excluding hydrogens is 207 g/mol. The van der Waals surface area contributed by atoms with Crippen molar-refractivity contribution in [3.8, 4) is 4.08 Å². The Hall–Kier alpha value is 0.440. The Morgan fingerprint density at radius 2 is 2.20 bits per heavy atom. The van der Waals surface area contributed by atoms with Crippen molar-refractivity contribution >= 4 is 28.2 Å². The van der Waals surface area contributed by atoms with Gasteiger partial charge in [0.1, 0.15) is 0 Å². The average Bonchev–Trinajstić information content (AvgIpc) is 1.38. The van der Waals surface area contributed by atoms with E-state index >= 15 is 0 Å². The molecule has 0 aromatic rings. The Labute approximate surface area is 40.6 Å². The maximum atomic E-state index is 11.0. The van der Waals surface area contributed by atoms with E-state index in [2.05, 4.69) is 8.91 Å². The van der Waals surface area contributed by atoms with Crippen molar-refractivity contribution in [3.05, 3.63) is 0 Å². The van der Waals surface area contributed by atoms with Crippen molar-refractivity contribution in [2.75, 3.05) is 0 Å². The molecule has 4 heteroatoms. The fourth-order valence-corrected chi connectivity index (χ4v) is 0. The molecule has 0 aromatic heterocycles. The van der Waals surface area contributed by atoms with Crippen molar-refractivity contribution in [1.82, 2.24) is 0 Å². The van der Waals surface area contributed by atoms with Gasteiger partial charge in [0.2, 0.25) is 0 Å². The van der Waals surface area contributed by atoms with Crippen molar-refractivity contribution in [2.24, 2.45) is 0 Å². The summed E-state index contributed by atoms with van der Waals surface area (Å²) in [5.41, 5.74) is 0. The van der Waals surface area contributed by atoms with Crippen LogP contribution in [0.4, 0.5) is 2.86 Å². The number of halogens is 3. The zero-order valence-corrected chi connectivity index (χ0v) is 4.99. The Balaban J connectivity index is 2.94. The van der Waals surface area contributed by atoms with E-state index in [1.54, 1.807) is 0 Å². The van der Waals surface area contributed by atoms with Crippen LogP contribution >= 0.6 is 28.2 Å². The Morgan fingerprint density at radius 3 is 2.20 bits per heavy atom. The summed E-state index contributed by atoms with van der Waals surface area (Å²) in [6.45, 7) is 0. The molecule has 5 heavy (non-hydrogen) atoms. The predicted octanol–water partition coefficient (Wildman–Crippen LogP) is 2.01. The molecule has 0 spiro atoms. The number of nitrogens with zero attached hydrogens (tertiary/aromatic N) is 1. The van der Waals surface area contributed by atoms with Gasteiger partial charge in [-0.1, -0.05) is 0 Å². The molecule has 0 unspecified atom stereocenters. The van der Waals surface area contributed by atoms with Crippen molar-refractivity contribution < 1.29 is 2.86 Å². The summed E-state index contributed by atoms with van der Waals surface area (Å²) in [5.74, 6) is 0. The zero-order valence-electron chi connectivity index (χ0n) is 2.08. The summed E-state index contributed by atoms with van der Waals surface area (Å²) in [7, 11) is 4.59. The van der Waals surface area contributed by atoms with E-state index in [-0.39, 0.29) is 0 Å². The van der Waals surface area contributed by atoms with E-state index in [0.29, 0.717) is 0 Å². The minimum atomic E-state index is -3.00. The van der Waals surface area contributed by atoms with Crippen molar-refractivity contribution in [1.29, 1.82) is 5.26 Å². The molecule has 0 N–H and O–H groups in total. The SMILES string of the molecule is N#CI(F)Cl. The number of hydrogen-bond acceptors (Lipinski definition) is 1. The second-order valence-electron chi connectivity index (χ2n) is 0.281. The molecule has 0 rings (SSSR count). The molecule has 0 aliphatic carbocycles. The first-order chi connectivity index (χ1) is 2.27. The summed E-state index contributed by atoms with van der Waals surface area (Å²) >= 11 is -3.00. The third kappa shape index (κ3) is 4.44. The molecule has 0 bridgehead atoms. The second kappa shape index (κ2) is 2.67. The third-order valence-electron chi connectivity index (χ3n) is 0.0639. The number of nitriles is 1. The van der Waals surface area contributed by atoms with Crippen LogP contribution in [0.2, 0.25) is 0 Å². The summed E-state index contributed by atoms with van der Waals surface area (Å²) < 4.78 is 12.3. The second-order valence-corrected chi connectivity index (χ2v) is 3.57. The van der Waals surface area contributed by atoms with Crippen LogP contribution in [0.1, 0.15) is 0 Å². The van der Waals surface area contributed by atoms with Crippen LogP contribution in [0.5, 0.6) is 0 Å². The van der Waals surface area contributed by atoms with Gasteiger partial charge >= 0.3 is 40.4 Å². The normalized spacial score (nSPS) is 9.40. The van der Waals surface area contributed by atoms with Crippen LogP contribution < -0.4 is 0 Å². The molecule has 0 aliphatic heterocycles. The van der Waals surface area contributed by atoms with E-state index in [1.165, 1.54) is 4.08 Å². The molecule has 0 fully saturated rings. The van der Waals surface area contributed by atoms with E-state index in [1.807, 2.05) is 0 Å². The number of rotatable bonds is 0. The van der Waals surface area contributed by atoms with Gasteiger partial charge in [0.15, 0.2) is 0 Å². The Morgan fingerprint density at radius 1 is 2.00 bits per heavy atom. The molecular formula is CClFIN. The van der Waals surface area contributed by atoms with Gasteiger partial charge in [-0.15, -0.1) is 0 Å². The summed E-state index contributed by atoms with van der Waals surface area (Å²) in [4.78, 5) is 0.